The van der Waals surface area contributed by atoms with Gasteiger partial charge < -0.3 is 4.74 Å². The van der Waals surface area contributed by atoms with Crippen LogP contribution in [-0.4, -0.2) is 5.78 Å². The van der Waals surface area contributed by atoms with E-state index in [1.165, 1.54) is 37.3 Å². The first-order valence-electron chi connectivity index (χ1n) is 5.72. The van der Waals surface area contributed by atoms with Gasteiger partial charge in [0.2, 0.25) is 0 Å². The van der Waals surface area contributed by atoms with Crippen molar-refractivity contribution in [3.05, 3.63) is 59.2 Å². The minimum atomic E-state index is -0.507. The lowest BCUT2D eigenvalue weighted by molar-refractivity contribution is 0.101. The molecule has 0 atom stereocenters. The first-order valence-corrected chi connectivity index (χ1v) is 5.72. The molecule has 2 aromatic rings. The van der Waals surface area contributed by atoms with Crippen LogP contribution in [0.25, 0.3) is 0 Å². The van der Waals surface area contributed by atoms with Gasteiger partial charge >= 0.3 is 0 Å². The zero-order valence-corrected chi connectivity index (χ0v) is 10.5. The Morgan fingerprint density at radius 3 is 2.47 bits per heavy atom. The SMILES string of the molecule is CC(=O)c1cc(F)ccc1Oc1ccc(F)c(C)c1. The molecule has 0 bridgehead atoms. The number of carbonyl (C=O) groups is 1. The van der Waals surface area contributed by atoms with Gasteiger partial charge in [0.15, 0.2) is 5.78 Å². The van der Waals surface area contributed by atoms with Crippen molar-refractivity contribution in [1.82, 2.24) is 0 Å². The summed E-state index contributed by atoms with van der Waals surface area (Å²) < 4.78 is 31.8. The average molecular weight is 262 g/mol. The molecule has 0 aliphatic carbocycles. The highest BCUT2D eigenvalue weighted by Gasteiger charge is 2.11. The Morgan fingerprint density at radius 1 is 1.11 bits per heavy atom. The van der Waals surface area contributed by atoms with E-state index >= 15 is 0 Å². The van der Waals surface area contributed by atoms with E-state index in [0.29, 0.717) is 11.3 Å². The van der Waals surface area contributed by atoms with Gasteiger partial charge in [0.25, 0.3) is 0 Å². The molecule has 0 aliphatic heterocycles. The predicted molar refractivity (Wildman–Crippen MR) is 67.6 cm³/mol. The molecule has 0 saturated heterocycles. The summed E-state index contributed by atoms with van der Waals surface area (Å²) >= 11 is 0. The molecule has 0 unspecified atom stereocenters. The molecule has 2 rings (SSSR count). The Bertz CT molecular complexity index is 636. The van der Waals surface area contributed by atoms with Crippen LogP contribution in [0, 0.1) is 18.6 Å². The molecule has 19 heavy (non-hydrogen) atoms. The number of hydrogen-bond donors (Lipinski definition) is 0. The van der Waals surface area contributed by atoms with E-state index in [9.17, 15) is 13.6 Å². The fraction of sp³-hybridized carbons (Fsp3) is 0.133. The van der Waals surface area contributed by atoms with Crippen LogP contribution < -0.4 is 4.74 Å². The number of hydrogen-bond acceptors (Lipinski definition) is 2. The van der Waals surface area contributed by atoms with E-state index in [1.807, 2.05) is 0 Å². The summed E-state index contributed by atoms with van der Waals surface area (Å²) in [5.41, 5.74) is 0.589. The fourth-order valence-corrected chi connectivity index (χ4v) is 1.67. The number of rotatable bonds is 3. The van der Waals surface area contributed by atoms with E-state index in [0.717, 1.165) is 6.07 Å². The lowest BCUT2D eigenvalue weighted by Gasteiger charge is -2.10. The molecule has 98 valence electrons. The van der Waals surface area contributed by atoms with E-state index in [4.69, 9.17) is 4.74 Å². The second kappa shape index (κ2) is 5.18. The molecule has 0 heterocycles. The maximum absolute atomic E-state index is 13.1. The highest BCUT2D eigenvalue weighted by molar-refractivity contribution is 5.96. The molecule has 0 N–H and O–H groups in total. The van der Waals surface area contributed by atoms with Crippen molar-refractivity contribution in [2.45, 2.75) is 13.8 Å². The highest BCUT2D eigenvalue weighted by atomic mass is 19.1. The number of aryl methyl sites for hydroxylation is 1. The summed E-state index contributed by atoms with van der Waals surface area (Å²) in [4.78, 5) is 11.4. The number of benzene rings is 2. The second-order valence-corrected chi connectivity index (χ2v) is 4.21. The Kier molecular flexibility index (Phi) is 3.60. The zero-order chi connectivity index (χ0) is 14.0. The van der Waals surface area contributed by atoms with Crippen molar-refractivity contribution in [3.8, 4) is 11.5 Å². The summed E-state index contributed by atoms with van der Waals surface area (Å²) in [6.45, 7) is 2.94. The predicted octanol–water partition coefficient (Wildman–Crippen LogP) is 4.27. The smallest absolute Gasteiger partial charge is 0.163 e. The van der Waals surface area contributed by atoms with Gasteiger partial charge in [0, 0.05) is 0 Å². The second-order valence-electron chi connectivity index (χ2n) is 4.21. The Morgan fingerprint density at radius 2 is 1.84 bits per heavy atom. The quantitative estimate of drug-likeness (QED) is 0.772. The molecular formula is C15H12F2O2. The molecule has 0 radical (unpaired) electrons. The molecule has 0 aromatic heterocycles. The molecule has 2 aromatic carbocycles. The van der Waals surface area contributed by atoms with Gasteiger partial charge in [-0.2, -0.15) is 0 Å². The first-order chi connectivity index (χ1) is 8.97. The van der Waals surface area contributed by atoms with Crippen LogP contribution in [0.15, 0.2) is 36.4 Å². The number of carbonyl (C=O) groups excluding carboxylic acids is 1. The van der Waals surface area contributed by atoms with Gasteiger partial charge in [-0.15, -0.1) is 0 Å². The molecule has 2 nitrogen and oxygen atoms in total. The van der Waals surface area contributed by atoms with Crippen molar-refractivity contribution >= 4 is 5.78 Å². The average Bonchev–Trinajstić information content (AvgIpc) is 2.36. The molecule has 0 saturated carbocycles. The van der Waals surface area contributed by atoms with Crippen LogP contribution >= 0.6 is 0 Å². The normalized spacial score (nSPS) is 10.3. The standard InChI is InChI=1S/C15H12F2O2/c1-9-7-12(4-5-14(9)17)19-15-6-3-11(16)8-13(15)10(2)18/h3-8H,1-2H3. The van der Waals surface area contributed by atoms with Gasteiger partial charge in [0.05, 0.1) is 5.56 Å². The number of Topliss-reactive ketones (excluding diaryl/α,β-unsaturated/α-hetero) is 1. The third-order valence-corrected chi connectivity index (χ3v) is 2.68. The van der Waals surface area contributed by atoms with E-state index in [-0.39, 0.29) is 22.9 Å². The van der Waals surface area contributed by atoms with Gasteiger partial charge in [0.1, 0.15) is 23.1 Å². The first kappa shape index (κ1) is 13.2. The van der Waals surface area contributed by atoms with Crippen LogP contribution in [0.3, 0.4) is 0 Å². The van der Waals surface area contributed by atoms with Crippen LogP contribution in [-0.2, 0) is 0 Å². The largest absolute Gasteiger partial charge is 0.457 e. The Labute approximate surface area is 109 Å². The molecular weight excluding hydrogens is 250 g/mol. The van der Waals surface area contributed by atoms with Crippen molar-refractivity contribution in [3.63, 3.8) is 0 Å². The minimum Gasteiger partial charge on any atom is -0.457 e. The number of ether oxygens (including phenoxy) is 1. The highest BCUT2D eigenvalue weighted by Crippen LogP contribution is 2.27. The van der Waals surface area contributed by atoms with Gasteiger partial charge in [-0.3, -0.25) is 4.79 Å². The summed E-state index contributed by atoms with van der Waals surface area (Å²) in [5, 5.41) is 0. The Balaban J connectivity index is 2.37. The van der Waals surface area contributed by atoms with Crippen LogP contribution in [0.2, 0.25) is 0 Å². The van der Waals surface area contributed by atoms with Crippen LogP contribution in [0.1, 0.15) is 22.8 Å². The number of ketones is 1. The third-order valence-electron chi connectivity index (χ3n) is 2.68. The maximum Gasteiger partial charge on any atom is 0.163 e. The maximum atomic E-state index is 13.1. The molecule has 0 spiro atoms. The van der Waals surface area contributed by atoms with Crippen molar-refractivity contribution in [1.29, 1.82) is 0 Å². The lowest BCUT2D eigenvalue weighted by atomic mass is 10.1. The van der Waals surface area contributed by atoms with Crippen molar-refractivity contribution in [2.75, 3.05) is 0 Å². The van der Waals surface area contributed by atoms with Gasteiger partial charge in [-0.25, -0.2) is 8.78 Å². The van der Waals surface area contributed by atoms with Crippen LogP contribution in [0.5, 0.6) is 11.5 Å². The summed E-state index contributed by atoms with van der Waals surface area (Å²) in [7, 11) is 0. The van der Waals surface area contributed by atoms with Gasteiger partial charge in [-0.05, 0) is 55.8 Å². The van der Waals surface area contributed by atoms with E-state index < -0.39 is 5.82 Å². The zero-order valence-electron chi connectivity index (χ0n) is 10.5. The Hall–Kier alpha value is -2.23. The fourth-order valence-electron chi connectivity index (χ4n) is 1.67. The monoisotopic (exact) mass is 262 g/mol. The summed E-state index contributed by atoms with van der Waals surface area (Å²) in [6.07, 6.45) is 0. The van der Waals surface area contributed by atoms with Crippen molar-refractivity contribution < 1.29 is 18.3 Å². The van der Waals surface area contributed by atoms with E-state index in [2.05, 4.69) is 0 Å². The van der Waals surface area contributed by atoms with E-state index in [1.54, 1.807) is 6.92 Å². The van der Waals surface area contributed by atoms with Crippen molar-refractivity contribution in [2.24, 2.45) is 0 Å². The third kappa shape index (κ3) is 2.96. The molecule has 0 fully saturated rings. The van der Waals surface area contributed by atoms with Gasteiger partial charge in [-0.1, -0.05) is 0 Å². The summed E-state index contributed by atoms with van der Waals surface area (Å²) in [6, 6.07) is 7.96. The minimum absolute atomic E-state index is 0.155. The molecule has 0 aliphatic rings. The molecule has 0 amide bonds. The topological polar surface area (TPSA) is 26.3 Å². The molecule has 4 heteroatoms. The lowest BCUT2D eigenvalue weighted by Crippen LogP contribution is -1.98. The van der Waals surface area contributed by atoms with Crippen LogP contribution in [0.4, 0.5) is 8.78 Å². The number of halogens is 2. The summed E-state index contributed by atoms with van der Waals surface area (Å²) in [5.74, 6) is -0.493.